The molecule has 116 valence electrons. The molecule has 2 saturated heterocycles. The molecule has 0 aliphatic carbocycles. The van der Waals surface area contributed by atoms with Crippen LogP contribution in [0, 0.1) is 5.41 Å². The van der Waals surface area contributed by atoms with Gasteiger partial charge in [-0.15, -0.1) is 0 Å². The zero-order valence-electron chi connectivity index (χ0n) is 13.1. The minimum atomic E-state index is -0.327. The number of amides is 1. The molecular formula is C15H29N3O2. The number of methoxy groups -OCH3 is 1. The highest BCUT2D eigenvalue weighted by molar-refractivity contribution is 5.83. The molecule has 0 aromatic rings. The van der Waals surface area contributed by atoms with Crippen molar-refractivity contribution >= 4 is 5.91 Å². The van der Waals surface area contributed by atoms with Crippen molar-refractivity contribution in [3.63, 3.8) is 0 Å². The predicted molar refractivity (Wildman–Crippen MR) is 79.7 cm³/mol. The number of nitrogens with one attached hydrogen (secondary N) is 2. The third-order valence-electron chi connectivity index (χ3n) is 5.01. The molecule has 2 aliphatic heterocycles. The van der Waals surface area contributed by atoms with Gasteiger partial charge in [0, 0.05) is 25.7 Å². The second kappa shape index (κ2) is 6.87. The quantitative estimate of drug-likeness (QED) is 0.793. The van der Waals surface area contributed by atoms with Crippen molar-refractivity contribution in [1.82, 2.24) is 15.5 Å². The molecule has 2 fully saturated rings. The van der Waals surface area contributed by atoms with Gasteiger partial charge in [0.2, 0.25) is 5.91 Å². The largest absolute Gasteiger partial charge is 0.384 e. The molecular weight excluding hydrogens is 254 g/mol. The maximum atomic E-state index is 12.7. The van der Waals surface area contributed by atoms with Crippen LogP contribution in [-0.4, -0.2) is 63.3 Å². The first-order chi connectivity index (χ1) is 9.57. The van der Waals surface area contributed by atoms with Gasteiger partial charge in [0.25, 0.3) is 0 Å². The van der Waals surface area contributed by atoms with E-state index < -0.39 is 0 Å². The van der Waals surface area contributed by atoms with E-state index in [1.807, 2.05) is 0 Å². The average Bonchev–Trinajstić information content (AvgIpc) is 2.44. The monoisotopic (exact) mass is 283 g/mol. The first-order valence-electron chi connectivity index (χ1n) is 7.78. The number of piperidine rings is 2. The second-order valence-corrected chi connectivity index (χ2v) is 6.49. The Bertz CT molecular complexity index is 324. The van der Waals surface area contributed by atoms with Crippen LogP contribution in [0.4, 0.5) is 0 Å². The van der Waals surface area contributed by atoms with Crippen molar-refractivity contribution in [2.45, 2.75) is 44.7 Å². The van der Waals surface area contributed by atoms with Crippen molar-refractivity contribution in [3.05, 3.63) is 0 Å². The number of rotatable bonds is 4. The lowest BCUT2D eigenvalue weighted by molar-refractivity contribution is -0.137. The highest BCUT2D eigenvalue weighted by atomic mass is 16.5. The van der Waals surface area contributed by atoms with Crippen LogP contribution in [-0.2, 0) is 9.53 Å². The van der Waals surface area contributed by atoms with Crippen LogP contribution in [0.1, 0.15) is 32.6 Å². The molecule has 20 heavy (non-hydrogen) atoms. The van der Waals surface area contributed by atoms with Gasteiger partial charge in [-0.1, -0.05) is 0 Å². The van der Waals surface area contributed by atoms with Crippen molar-refractivity contribution in [1.29, 1.82) is 0 Å². The fourth-order valence-corrected chi connectivity index (χ4v) is 3.38. The van der Waals surface area contributed by atoms with Crippen molar-refractivity contribution in [2.75, 3.05) is 40.4 Å². The minimum Gasteiger partial charge on any atom is -0.384 e. The van der Waals surface area contributed by atoms with E-state index in [0.717, 1.165) is 45.3 Å². The Morgan fingerprint density at radius 1 is 1.45 bits per heavy atom. The first-order valence-corrected chi connectivity index (χ1v) is 7.78. The zero-order chi connectivity index (χ0) is 14.6. The normalized spacial score (nSPS) is 30.9. The average molecular weight is 283 g/mol. The van der Waals surface area contributed by atoms with E-state index in [1.54, 1.807) is 7.11 Å². The maximum absolute atomic E-state index is 12.7. The Balaban J connectivity index is 1.94. The summed E-state index contributed by atoms with van der Waals surface area (Å²) in [5.74, 6) is 0.197. The minimum absolute atomic E-state index is 0.197. The van der Waals surface area contributed by atoms with Crippen LogP contribution < -0.4 is 10.6 Å². The number of likely N-dealkylation sites (tertiary alicyclic amines) is 1. The van der Waals surface area contributed by atoms with E-state index in [9.17, 15) is 4.79 Å². The summed E-state index contributed by atoms with van der Waals surface area (Å²) in [5, 5.41) is 6.62. The molecule has 2 atom stereocenters. The van der Waals surface area contributed by atoms with Gasteiger partial charge in [-0.25, -0.2) is 0 Å². The smallest absolute Gasteiger partial charge is 0.228 e. The highest BCUT2D eigenvalue weighted by Crippen LogP contribution is 2.30. The Kier molecular flexibility index (Phi) is 5.41. The Morgan fingerprint density at radius 2 is 2.15 bits per heavy atom. The van der Waals surface area contributed by atoms with Crippen molar-refractivity contribution < 1.29 is 9.53 Å². The van der Waals surface area contributed by atoms with Crippen molar-refractivity contribution in [3.8, 4) is 0 Å². The highest BCUT2D eigenvalue weighted by Gasteiger charge is 2.40. The van der Waals surface area contributed by atoms with E-state index in [-0.39, 0.29) is 11.3 Å². The molecule has 0 aromatic heterocycles. The molecule has 2 aliphatic rings. The van der Waals surface area contributed by atoms with E-state index >= 15 is 0 Å². The lowest BCUT2D eigenvalue weighted by Crippen LogP contribution is -2.55. The summed E-state index contributed by atoms with van der Waals surface area (Å²) in [6.07, 6.45) is 3.83. The van der Waals surface area contributed by atoms with Gasteiger partial charge in [0.15, 0.2) is 0 Å². The standard InChI is InChI=1S/C15H29N3O2/c1-12-10-13(4-9-18(12)2)17-14(19)15(11-20-3)5-7-16-8-6-15/h12-13,16H,4-11H2,1-3H3,(H,17,19). The number of nitrogens with zero attached hydrogens (tertiary/aromatic N) is 1. The Morgan fingerprint density at radius 3 is 2.75 bits per heavy atom. The second-order valence-electron chi connectivity index (χ2n) is 6.49. The van der Waals surface area contributed by atoms with Gasteiger partial charge in [-0.3, -0.25) is 4.79 Å². The van der Waals surface area contributed by atoms with Crippen LogP contribution >= 0.6 is 0 Å². The molecule has 2 N–H and O–H groups in total. The van der Waals surface area contributed by atoms with Crippen LogP contribution in [0.5, 0.6) is 0 Å². The van der Waals surface area contributed by atoms with E-state index in [1.165, 1.54) is 0 Å². The lowest BCUT2D eigenvalue weighted by atomic mass is 9.78. The van der Waals surface area contributed by atoms with Crippen LogP contribution in [0.2, 0.25) is 0 Å². The summed E-state index contributed by atoms with van der Waals surface area (Å²) in [5.41, 5.74) is -0.327. The van der Waals surface area contributed by atoms with Gasteiger partial charge in [-0.2, -0.15) is 0 Å². The molecule has 5 nitrogen and oxygen atoms in total. The van der Waals surface area contributed by atoms with Gasteiger partial charge in [0.05, 0.1) is 12.0 Å². The number of ether oxygens (including phenoxy) is 1. The molecule has 0 saturated carbocycles. The molecule has 0 radical (unpaired) electrons. The van der Waals surface area contributed by atoms with Crippen LogP contribution in [0.3, 0.4) is 0 Å². The molecule has 0 spiro atoms. The lowest BCUT2D eigenvalue weighted by Gasteiger charge is -2.39. The summed E-state index contributed by atoms with van der Waals surface area (Å²) in [6, 6.07) is 0.859. The zero-order valence-corrected chi connectivity index (χ0v) is 13.1. The summed E-state index contributed by atoms with van der Waals surface area (Å²) in [6.45, 7) is 5.63. The molecule has 1 amide bonds. The molecule has 0 aromatic carbocycles. The third-order valence-corrected chi connectivity index (χ3v) is 5.01. The van der Waals surface area contributed by atoms with Gasteiger partial charge in [0.1, 0.15) is 0 Å². The SMILES string of the molecule is COCC1(C(=O)NC2CCN(C)C(C)C2)CCNCC1. The first kappa shape index (κ1) is 15.7. The van der Waals surface area contributed by atoms with Gasteiger partial charge < -0.3 is 20.3 Å². The van der Waals surface area contributed by atoms with Gasteiger partial charge >= 0.3 is 0 Å². The van der Waals surface area contributed by atoms with Crippen molar-refractivity contribution in [2.24, 2.45) is 5.41 Å². The Hall–Kier alpha value is -0.650. The Labute approximate surface area is 122 Å². The summed E-state index contributed by atoms with van der Waals surface area (Å²) >= 11 is 0. The number of hydrogen-bond acceptors (Lipinski definition) is 4. The number of hydrogen-bond donors (Lipinski definition) is 2. The molecule has 5 heteroatoms. The predicted octanol–water partition coefficient (Wildman–Crippen LogP) is 0.602. The fraction of sp³-hybridized carbons (Fsp3) is 0.933. The maximum Gasteiger partial charge on any atom is 0.228 e. The van der Waals surface area contributed by atoms with Crippen LogP contribution in [0.25, 0.3) is 0 Å². The number of carbonyl (C=O) groups excluding carboxylic acids is 1. The molecule has 2 rings (SSSR count). The summed E-state index contributed by atoms with van der Waals surface area (Å²) in [7, 11) is 3.84. The van der Waals surface area contributed by atoms with Crippen LogP contribution in [0.15, 0.2) is 0 Å². The molecule has 2 heterocycles. The van der Waals surface area contributed by atoms with E-state index in [4.69, 9.17) is 4.74 Å². The number of carbonyl (C=O) groups is 1. The third kappa shape index (κ3) is 3.51. The molecule has 0 bridgehead atoms. The fourth-order valence-electron chi connectivity index (χ4n) is 3.38. The van der Waals surface area contributed by atoms with Gasteiger partial charge in [-0.05, 0) is 52.7 Å². The topological polar surface area (TPSA) is 53.6 Å². The van der Waals surface area contributed by atoms with E-state index in [0.29, 0.717) is 18.7 Å². The van der Waals surface area contributed by atoms with E-state index in [2.05, 4.69) is 29.5 Å². The summed E-state index contributed by atoms with van der Waals surface area (Å²) < 4.78 is 5.34. The molecule has 2 unspecified atom stereocenters. The summed E-state index contributed by atoms with van der Waals surface area (Å²) in [4.78, 5) is 15.1.